The van der Waals surface area contributed by atoms with Gasteiger partial charge in [-0.05, 0) is 33.1 Å². The van der Waals surface area contributed by atoms with Crippen molar-refractivity contribution in [1.29, 1.82) is 0 Å². The van der Waals surface area contributed by atoms with Crippen LogP contribution in [0.15, 0.2) is 4.99 Å². The first-order valence-electron chi connectivity index (χ1n) is 8.51. The van der Waals surface area contributed by atoms with Crippen LogP contribution in [0.25, 0.3) is 0 Å². The second kappa shape index (κ2) is 8.70. The molecule has 2 saturated heterocycles. The van der Waals surface area contributed by atoms with E-state index in [4.69, 9.17) is 9.47 Å². The summed E-state index contributed by atoms with van der Waals surface area (Å²) in [5, 5.41) is 6.84. The molecule has 0 aromatic heterocycles. The van der Waals surface area contributed by atoms with Gasteiger partial charge in [0.15, 0.2) is 5.96 Å². The molecule has 6 heteroatoms. The first kappa shape index (κ1) is 17.5. The third kappa shape index (κ3) is 5.41. The van der Waals surface area contributed by atoms with Gasteiger partial charge in [-0.25, -0.2) is 0 Å². The lowest BCUT2D eigenvalue weighted by molar-refractivity contribution is -0.00834. The molecule has 0 aromatic rings. The molecule has 0 spiro atoms. The zero-order valence-electron chi connectivity index (χ0n) is 14.4. The Morgan fingerprint density at radius 3 is 2.64 bits per heavy atom. The lowest BCUT2D eigenvalue weighted by Gasteiger charge is -2.41. The van der Waals surface area contributed by atoms with Crippen LogP contribution in [0.4, 0.5) is 0 Å². The van der Waals surface area contributed by atoms with Gasteiger partial charge in [0.1, 0.15) is 0 Å². The van der Waals surface area contributed by atoms with Gasteiger partial charge in [-0.1, -0.05) is 0 Å². The van der Waals surface area contributed by atoms with Crippen LogP contribution in [0.2, 0.25) is 0 Å². The number of hydrogen-bond donors (Lipinski definition) is 2. The molecule has 0 aliphatic carbocycles. The molecule has 0 amide bonds. The molecule has 0 aromatic carbocycles. The van der Waals surface area contributed by atoms with Crippen molar-refractivity contribution in [3.8, 4) is 0 Å². The van der Waals surface area contributed by atoms with E-state index in [1.54, 1.807) is 0 Å². The van der Waals surface area contributed by atoms with Crippen molar-refractivity contribution in [3.05, 3.63) is 0 Å². The molecular weight excluding hydrogens is 280 g/mol. The molecular formula is C16H32N4O2. The van der Waals surface area contributed by atoms with Crippen molar-refractivity contribution in [3.63, 3.8) is 0 Å². The number of hydrogen-bond acceptors (Lipinski definition) is 4. The Bertz CT molecular complexity index is 348. The smallest absolute Gasteiger partial charge is 0.191 e. The molecule has 1 atom stereocenters. The minimum absolute atomic E-state index is 0.0932. The topological polar surface area (TPSA) is 58.1 Å². The summed E-state index contributed by atoms with van der Waals surface area (Å²) in [6.07, 6.45) is 3.87. The summed E-state index contributed by atoms with van der Waals surface area (Å²) in [4.78, 5) is 6.79. The van der Waals surface area contributed by atoms with Crippen molar-refractivity contribution >= 4 is 5.96 Å². The van der Waals surface area contributed by atoms with Crippen LogP contribution in [0, 0.1) is 0 Å². The molecule has 0 saturated carbocycles. The number of ether oxygens (including phenoxy) is 2. The molecule has 2 fully saturated rings. The number of nitrogens with zero attached hydrogens (tertiary/aromatic N) is 2. The van der Waals surface area contributed by atoms with Crippen LogP contribution in [0.5, 0.6) is 0 Å². The van der Waals surface area contributed by atoms with Crippen molar-refractivity contribution in [2.45, 2.75) is 44.8 Å². The minimum Gasteiger partial charge on any atom is -0.379 e. The Morgan fingerprint density at radius 1 is 1.23 bits per heavy atom. The Morgan fingerprint density at radius 2 is 2.00 bits per heavy atom. The van der Waals surface area contributed by atoms with Gasteiger partial charge >= 0.3 is 0 Å². The van der Waals surface area contributed by atoms with Gasteiger partial charge in [-0.3, -0.25) is 9.89 Å². The molecule has 1 unspecified atom stereocenters. The van der Waals surface area contributed by atoms with E-state index in [-0.39, 0.29) is 5.54 Å². The second-order valence-electron chi connectivity index (χ2n) is 6.69. The quantitative estimate of drug-likeness (QED) is 0.562. The maximum Gasteiger partial charge on any atom is 0.191 e. The van der Waals surface area contributed by atoms with Crippen molar-refractivity contribution in [2.75, 3.05) is 53.0 Å². The van der Waals surface area contributed by atoms with E-state index >= 15 is 0 Å². The predicted octanol–water partition coefficient (Wildman–Crippen LogP) is 0.831. The van der Waals surface area contributed by atoms with E-state index in [0.29, 0.717) is 6.10 Å². The maximum atomic E-state index is 5.64. The summed E-state index contributed by atoms with van der Waals surface area (Å²) in [6.45, 7) is 10.9. The van der Waals surface area contributed by atoms with Crippen LogP contribution in [-0.2, 0) is 9.47 Å². The highest BCUT2D eigenvalue weighted by Gasteiger charge is 2.28. The highest BCUT2D eigenvalue weighted by Crippen LogP contribution is 2.15. The first-order chi connectivity index (χ1) is 10.6. The maximum absolute atomic E-state index is 5.64. The summed E-state index contributed by atoms with van der Waals surface area (Å²) in [7, 11) is 1.82. The molecule has 0 radical (unpaired) electrons. The normalized spacial score (nSPS) is 24.5. The van der Waals surface area contributed by atoms with E-state index in [2.05, 4.69) is 34.4 Å². The number of guanidine groups is 1. The Balaban J connectivity index is 1.68. The minimum atomic E-state index is 0.0932. The van der Waals surface area contributed by atoms with E-state index in [9.17, 15) is 0 Å². The average Bonchev–Trinajstić information content (AvgIpc) is 3.05. The van der Waals surface area contributed by atoms with Gasteiger partial charge in [0.2, 0.25) is 0 Å². The molecule has 2 heterocycles. The summed E-state index contributed by atoms with van der Waals surface area (Å²) in [6, 6.07) is 0. The summed E-state index contributed by atoms with van der Waals surface area (Å²) in [5.74, 6) is 0.874. The van der Waals surface area contributed by atoms with Crippen LogP contribution >= 0.6 is 0 Å². The predicted molar refractivity (Wildman–Crippen MR) is 89.4 cm³/mol. The first-order valence-corrected chi connectivity index (χ1v) is 8.51. The third-order valence-corrected chi connectivity index (χ3v) is 4.56. The molecule has 2 rings (SSSR count). The highest BCUT2D eigenvalue weighted by atomic mass is 16.5. The van der Waals surface area contributed by atoms with Gasteiger partial charge in [-0.2, -0.15) is 0 Å². The summed E-state index contributed by atoms with van der Waals surface area (Å²) >= 11 is 0. The fourth-order valence-electron chi connectivity index (χ4n) is 3.02. The van der Waals surface area contributed by atoms with E-state index < -0.39 is 0 Å². The number of nitrogens with one attached hydrogen (secondary N) is 2. The monoisotopic (exact) mass is 312 g/mol. The Hall–Kier alpha value is -0.850. The van der Waals surface area contributed by atoms with Gasteiger partial charge in [0.05, 0.1) is 19.3 Å². The second-order valence-corrected chi connectivity index (χ2v) is 6.69. The molecule has 22 heavy (non-hydrogen) atoms. The zero-order chi connectivity index (χ0) is 15.8. The number of aliphatic imine (C=N–C) groups is 1. The van der Waals surface area contributed by atoms with Crippen LogP contribution in [0.3, 0.4) is 0 Å². The average molecular weight is 312 g/mol. The largest absolute Gasteiger partial charge is 0.379 e. The Labute approximate surface area is 134 Å². The van der Waals surface area contributed by atoms with E-state index in [0.717, 1.165) is 58.4 Å². The number of rotatable bonds is 6. The summed E-state index contributed by atoms with van der Waals surface area (Å²) in [5.41, 5.74) is 0.0932. The van der Waals surface area contributed by atoms with Crippen molar-refractivity contribution in [2.24, 2.45) is 4.99 Å². The molecule has 2 N–H and O–H groups in total. The fraction of sp³-hybridized carbons (Fsp3) is 0.938. The number of morpholine rings is 1. The lowest BCUT2D eigenvalue weighted by atomic mass is 10.0. The summed E-state index contributed by atoms with van der Waals surface area (Å²) < 4.78 is 11.1. The Kier molecular flexibility index (Phi) is 6.92. The van der Waals surface area contributed by atoms with Crippen molar-refractivity contribution in [1.82, 2.24) is 15.5 Å². The van der Waals surface area contributed by atoms with Crippen LogP contribution in [-0.4, -0.2) is 75.5 Å². The molecule has 128 valence electrons. The van der Waals surface area contributed by atoms with E-state index in [1.807, 2.05) is 7.05 Å². The highest BCUT2D eigenvalue weighted by molar-refractivity contribution is 5.79. The van der Waals surface area contributed by atoms with Crippen LogP contribution in [0.1, 0.15) is 33.1 Å². The standard InChI is InChI=1S/C16H32N4O2/c1-16(2,20-8-11-21-12-9-20)13-19-15(17-3)18-7-6-14-5-4-10-22-14/h14H,4-13H2,1-3H3,(H2,17,18,19). The van der Waals surface area contributed by atoms with Crippen molar-refractivity contribution < 1.29 is 9.47 Å². The molecule has 2 aliphatic heterocycles. The van der Waals surface area contributed by atoms with Gasteiger partial charge in [-0.15, -0.1) is 0 Å². The van der Waals surface area contributed by atoms with E-state index in [1.165, 1.54) is 12.8 Å². The molecule has 6 nitrogen and oxygen atoms in total. The fourth-order valence-corrected chi connectivity index (χ4v) is 3.02. The van der Waals surface area contributed by atoms with Gasteiger partial charge < -0.3 is 20.1 Å². The van der Waals surface area contributed by atoms with Gasteiger partial charge in [0, 0.05) is 45.4 Å². The SMILES string of the molecule is CN=C(NCCC1CCCO1)NCC(C)(C)N1CCOCC1. The molecule has 2 aliphatic rings. The van der Waals surface area contributed by atoms with Crippen LogP contribution < -0.4 is 10.6 Å². The lowest BCUT2D eigenvalue weighted by Crippen LogP contribution is -2.56. The zero-order valence-corrected chi connectivity index (χ0v) is 14.4. The van der Waals surface area contributed by atoms with Gasteiger partial charge in [0.25, 0.3) is 0 Å². The molecule has 0 bridgehead atoms. The third-order valence-electron chi connectivity index (χ3n) is 4.56.